The molecule has 1 amide bonds. The second kappa shape index (κ2) is 6.90. The minimum Gasteiger partial charge on any atom is -0.382 e. The van der Waals surface area contributed by atoms with Crippen molar-refractivity contribution in [2.75, 3.05) is 37.9 Å². The molecule has 1 saturated heterocycles. The lowest BCUT2D eigenvalue weighted by atomic mass is 10.1. The fraction of sp³-hybridized carbons (Fsp3) is 0.692. The summed E-state index contributed by atoms with van der Waals surface area (Å²) in [6.07, 6.45) is 4.58. The zero-order valence-corrected chi connectivity index (χ0v) is 12.8. The largest absolute Gasteiger partial charge is 0.382 e. The van der Waals surface area contributed by atoms with E-state index < -0.39 is 0 Å². The number of carbonyl (C=O) groups excluding carboxylic acids is 1. The first-order valence-electron chi connectivity index (χ1n) is 6.91. The van der Waals surface area contributed by atoms with Crippen molar-refractivity contribution >= 4 is 28.2 Å². The van der Waals surface area contributed by atoms with Gasteiger partial charge in [0.15, 0.2) is 5.13 Å². The van der Waals surface area contributed by atoms with Crippen molar-refractivity contribution in [3.63, 3.8) is 0 Å². The van der Waals surface area contributed by atoms with Gasteiger partial charge in [-0.2, -0.15) is 0 Å². The molecule has 0 radical (unpaired) electrons. The summed E-state index contributed by atoms with van der Waals surface area (Å²) in [5.74, 6) is 0.147. The highest BCUT2D eigenvalue weighted by Gasteiger charge is 2.18. The summed E-state index contributed by atoms with van der Waals surface area (Å²) in [6.45, 7) is 1.45. The van der Waals surface area contributed by atoms with Gasteiger partial charge >= 0.3 is 0 Å². The first-order valence-corrected chi connectivity index (χ1v) is 7.73. The fourth-order valence-corrected chi connectivity index (χ4v) is 2.96. The van der Waals surface area contributed by atoms with E-state index in [-0.39, 0.29) is 12.0 Å². The van der Waals surface area contributed by atoms with E-state index in [0.29, 0.717) is 17.2 Å². The Kier molecular flexibility index (Phi) is 5.19. The number of aromatic nitrogens is 1. The van der Waals surface area contributed by atoms with Gasteiger partial charge in [-0.15, -0.1) is 0 Å². The standard InChI is InChI=1S/C13H22N4O2S/c1-17(2)13-16-11(14)10(20-13)12(18)15-7-6-9-5-3-4-8-19-9/h9H,3-8,14H2,1-2H3,(H,15,18). The third-order valence-corrected chi connectivity index (χ3v) is 4.49. The van der Waals surface area contributed by atoms with E-state index in [1.54, 1.807) is 0 Å². The summed E-state index contributed by atoms with van der Waals surface area (Å²) in [5, 5.41) is 3.63. The molecule has 1 fully saturated rings. The first-order chi connectivity index (χ1) is 9.58. The molecule has 0 saturated carbocycles. The number of hydrogen-bond donors (Lipinski definition) is 2. The predicted molar refractivity (Wildman–Crippen MR) is 81.4 cm³/mol. The predicted octanol–water partition coefficient (Wildman–Crippen LogP) is 1.48. The van der Waals surface area contributed by atoms with Crippen LogP contribution in [-0.4, -0.2) is 44.2 Å². The van der Waals surface area contributed by atoms with Crippen molar-refractivity contribution in [1.29, 1.82) is 0 Å². The van der Waals surface area contributed by atoms with Gasteiger partial charge in [-0.25, -0.2) is 4.98 Å². The van der Waals surface area contributed by atoms with Gasteiger partial charge in [-0.05, 0) is 25.7 Å². The molecule has 1 aromatic heterocycles. The van der Waals surface area contributed by atoms with Gasteiger partial charge in [0.2, 0.25) is 0 Å². The molecular weight excluding hydrogens is 276 g/mol. The molecule has 1 aliphatic rings. The number of ether oxygens (including phenoxy) is 1. The number of rotatable bonds is 5. The molecule has 3 N–H and O–H groups in total. The zero-order chi connectivity index (χ0) is 14.5. The van der Waals surface area contributed by atoms with Crippen molar-refractivity contribution < 1.29 is 9.53 Å². The minimum absolute atomic E-state index is 0.149. The Labute approximate surface area is 123 Å². The summed E-state index contributed by atoms with van der Waals surface area (Å²) < 4.78 is 5.63. The molecule has 0 aromatic carbocycles. The van der Waals surface area contributed by atoms with Gasteiger partial charge in [0.05, 0.1) is 6.10 Å². The van der Waals surface area contributed by atoms with Gasteiger partial charge in [0, 0.05) is 27.2 Å². The Balaban J connectivity index is 1.82. The average Bonchev–Trinajstić information content (AvgIpc) is 2.82. The molecule has 6 nitrogen and oxygen atoms in total. The monoisotopic (exact) mass is 298 g/mol. The molecule has 2 heterocycles. The third-order valence-electron chi connectivity index (χ3n) is 3.26. The maximum absolute atomic E-state index is 12.1. The molecule has 1 aromatic rings. The van der Waals surface area contributed by atoms with E-state index in [4.69, 9.17) is 10.5 Å². The van der Waals surface area contributed by atoms with Crippen molar-refractivity contribution in [1.82, 2.24) is 10.3 Å². The highest BCUT2D eigenvalue weighted by atomic mass is 32.1. The maximum atomic E-state index is 12.1. The van der Waals surface area contributed by atoms with E-state index >= 15 is 0 Å². The molecule has 20 heavy (non-hydrogen) atoms. The van der Waals surface area contributed by atoms with Crippen LogP contribution in [-0.2, 0) is 4.74 Å². The topological polar surface area (TPSA) is 80.5 Å². The molecule has 1 aliphatic heterocycles. The Morgan fingerprint density at radius 2 is 2.35 bits per heavy atom. The second-order valence-electron chi connectivity index (χ2n) is 5.14. The third kappa shape index (κ3) is 3.83. The Morgan fingerprint density at radius 1 is 1.55 bits per heavy atom. The quantitative estimate of drug-likeness (QED) is 0.860. The van der Waals surface area contributed by atoms with Crippen molar-refractivity contribution in [3.8, 4) is 0 Å². The number of nitrogens with two attached hydrogens (primary N) is 1. The van der Waals surface area contributed by atoms with Crippen molar-refractivity contribution in [2.45, 2.75) is 31.8 Å². The van der Waals surface area contributed by atoms with Crippen LogP contribution in [0, 0.1) is 0 Å². The van der Waals surface area contributed by atoms with Crippen molar-refractivity contribution in [2.24, 2.45) is 0 Å². The summed E-state index contributed by atoms with van der Waals surface area (Å²) in [7, 11) is 3.75. The smallest absolute Gasteiger partial charge is 0.265 e. The van der Waals surface area contributed by atoms with Crippen LogP contribution in [0.2, 0.25) is 0 Å². The van der Waals surface area contributed by atoms with Crippen LogP contribution in [0.25, 0.3) is 0 Å². The van der Waals surface area contributed by atoms with Crippen LogP contribution in [0.15, 0.2) is 0 Å². The number of nitrogens with zero attached hydrogens (tertiary/aromatic N) is 2. The summed E-state index contributed by atoms with van der Waals surface area (Å²) in [4.78, 5) is 18.6. The number of thiazole rings is 1. The SMILES string of the molecule is CN(C)c1nc(N)c(C(=O)NCCC2CCCCO2)s1. The Bertz CT molecular complexity index is 455. The minimum atomic E-state index is -0.149. The van der Waals surface area contributed by atoms with Crippen LogP contribution < -0.4 is 16.0 Å². The Hall–Kier alpha value is -1.34. The Morgan fingerprint density at radius 3 is 2.95 bits per heavy atom. The van der Waals surface area contributed by atoms with Gasteiger partial charge in [0.1, 0.15) is 10.7 Å². The summed E-state index contributed by atoms with van der Waals surface area (Å²) >= 11 is 1.31. The number of nitrogen functional groups attached to an aromatic ring is 1. The number of anilines is 2. The van der Waals surface area contributed by atoms with Gasteiger partial charge in [0.25, 0.3) is 5.91 Å². The molecule has 1 unspecified atom stereocenters. The molecule has 112 valence electrons. The molecule has 0 aliphatic carbocycles. The van der Waals surface area contributed by atoms with Crippen LogP contribution in [0.5, 0.6) is 0 Å². The highest BCUT2D eigenvalue weighted by molar-refractivity contribution is 7.18. The molecule has 0 spiro atoms. The number of nitrogens with one attached hydrogen (secondary N) is 1. The van der Waals surface area contributed by atoms with Gasteiger partial charge in [-0.3, -0.25) is 4.79 Å². The summed E-state index contributed by atoms with van der Waals surface area (Å²) in [5.41, 5.74) is 5.78. The molecular formula is C13H22N4O2S. The number of carbonyl (C=O) groups is 1. The zero-order valence-electron chi connectivity index (χ0n) is 12.0. The van der Waals surface area contributed by atoms with E-state index in [9.17, 15) is 4.79 Å². The second-order valence-corrected chi connectivity index (χ2v) is 6.12. The number of amides is 1. The lowest BCUT2D eigenvalue weighted by Crippen LogP contribution is -2.29. The van der Waals surface area contributed by atoms with E-state index in [1.165, 1.54) is 17.8 Å². The first kappa shape index (κ1) is 15.1. The van der Waals surface area contributed by atoms with E-state index in [1.807, 2.05) is 19.0 Å². The highest BCUT2D eigenvalue weighted by Crippen LogP contribution is 2.26. The van der Waals surface area contributed by atoms with Crippen molar-refractivity contribution in [3.05, 3.63) is 4.88 Å². The lowest BCUT2D eigenvalue weighted by molar-refractivity contribution is 0.0117. The van der Waals surface area contributed by atoms with E-state index in [0.717, 1.165) is 31.0 Å². The maximum Gasteiger partial charge on any atom is 0.265 e. The van der Waals surface area contributed by atoms with Gasteiger partial charge < -0.3 is 20.7 Å². The normalized spacial score (nSPS) is 18.8. The van der Waals surface area contributed by atoms with E-state index in [2.05, 4.69) is 10.3 Å². The van der Waals surface area contributed by atoms with Crippen LogP contribution in [0.1, 0.15) is 35.4 Å². The molecule has 1 atom stereocenters. The molecule has 2 rings (SSSR count). The lowest BCUT2D eigenvalue weighted by Gasteiger charge is -2.22. The fourth-order valence-electron chi connectivity index (χ4n) is 2.14. The van der Waals surface area contributed by atoms with Crippen LogP contribution in [0.4, 0.5) is 10.9 Å². The van der Waals surface area contributed by atoms with Crippen LogP contribution in [0.3, 0.4) is 0 Å². The number of hydrogen-bond acceptors (Lipinski definition) is 6. The van der Waals surface area contributed by atoms with Gasteiger partial charge in [-0.1, -0.05) is 11.3 Å². The van der Waals surface area contributed by atoms with Crippen LogP contribution >= 0.6 is 11.3 Å². The summed E-state index contributed by atoms with van der Waals surface area (Å²) in [6, 6.07) is 0. The molecule has 0 bridgehead atoms. The average molecular weight is 298 g/mol. The molecule has 7 heteroatoms.